The van der Waals surface area contributed by atoms with E-state index in [0.717, 1.165) is 43.1 Å². The largest absolute Gasteiger partial charge is 0.377 e. The molecule has 0 heterocycles. The molecule has 23 heavy (non-hydrogen) atoms. The quantitative estimate of drug-likeness (QED) is 0.287. The van der Waals surface area contributed by atoms with E-state index < -0.39 is 0 Å². The molecule has 0 aliphatic heterocycles. The second kappa shape index (κ2) is 11.9. The summed E-state index contributed by atoms with van der Waals surface area (Å²) in [4.78, 5) is 0. The molecule has 0 aromatic rings. The van der Waals surface area contributed by atoms with E-state index >= 15 is 0 Å². The Morgan fingerprint density at radius 3 is 1.74 bits per heavy atom. The minimum absolute atomic E-state index is 0.314. The molecule has 0 radical (unpaired) electrons. The average molecular weight is 325 g/mol. The fourth-order valence-electron chi connectivity index (χ4n) is 3.08. The van der Waals surface area contributed by atoms with Gasteiger partial charge in [0.2, 0.25) is 0 Å². The molecule has 0 aromatic carbocycles. The molecule has 1 unspecified atom stereocenters. The molecule has 0 amide bonds. The van der Waals surface area contributed by atoms with Crippen molar-refractivity contribution >= 4 is 0 Å². The van der Waals surface area contributed by atoms with Crippen LogP contribution in [-0.4, -0.2) is 26.4 Å². The molecule has 0 saturated heterocycles. The third-order valence-corrected chi connectivity index (χ3v) is 4.59. The normalized spacial score (nSPS) is 13.3. The number of ether oxygens (including phenoxy) is 2. The molecule has 0 aromatic heterocycles. The summed E-state index contributed by atoms with van der Waals surface area (Å²) >= 11 is 0. The maximum atomic E-state index is 5.74. The van der Waals surface area contributed by atoms with E-state index in [0.29, 0.717) is 24.5 Å². The van der Waals surface area contributed by atoms with Crippen LogP contribution < -0.4 is 0 Å². The van der Waals surface area contributed by atoms with Gasteiger partial charge in [-0.3, -0.25) is 0 Å². The van der Waals surface area contributed by atoms with Crippen LogP contribution in [0.4, 0.5) is 0 Å². The highest BCUT2D eigenvalue weighted by atomic mass is 16.5. The smallest absolute Gasteiger partial charge is 0.0671 e. The van der Waals surface area contributed by atoms with Crippen molar-refractivity contribution in [2.24, 2.45) is 17.3 Å². The van der Waals surface area contributed by atoms with Gasteiger partial charge in [-0.25, -0.2) is 0 Å². The highest BCUT2D eigenvalue weighted by Crippen LogP contribution is 2.38. The van der Waals surface area contributed by atoms with Gasteiger partial charge in [0, 0.05) is 13.2 Å². The van der Waals surface area contributed by atoms with Crippen molar-refractivity contribution in [1.82, 2.24) is 0 Å². The first-order valence-corrected chi connectivity index (χ1v) is 9.13. The van der Waals surface area contributed by atoms with Gasteiger partial charge in [0.1, 0.15) is 0 Å². The molecule has 1 atom stereocenters. The Hall–Kier alpha value is -0.600. The van der Waals surface area contributed by atoms with Crippen LogP contribution in [-0.2, 0) is 9.47 Å². The average Bonchev–Trinajstić information content (AvgIpc) is 2.43. The van der Waals surface area contributed by atoms with Crippen molar-refractivity contribution in [1.29, 1.82) is 0 Å². The highest BCUT2D eigenvalue weighted by Gasteiger charge is 2.30. The fourth-order valence-corrected chi connectivity index (χ4v) is 3.08. The molecule has 0 N–H and O–H groups in total. The van der Waals surface area contributed by atoms with Crippen molar-refractivity contribution in [3.8, 4) is 0 Å². The number of hydrogen-bond acceptors (Lipinski definition) is 2. The molecule has 0 saturated carbocycles. The number of rotatable bonds is 14. The Bertz CT molecular complexity index is 322. The Kier molecular flexibility index (Phi) is 11.6. The molecule has 136 valence electrons. The lowest BCUT2D eigenvalue weighted by Gasteiger charge is -2.36. The molecular weight excluding hydrogens is 284 g/mol. The van der Waals surface area contributed by atoms with E-state index in [4.69, 9.17) is 9.47 Å². The first-order valence-electron chi connectivity index (χ1n) is 9.13. The van der Waals surface area contributed by atoms with Crippen LogP contribution in [0.3, 0.4) is 0 Å². The summed E-state index contributed by atoms with van der Waals surface area (Å²) in [6, 6.07) is 0. The fraction of sp³-hybridized carbons (Fsp3) is 0.810. The molecule has 0 spiro atoms. The van der Waals surface area contributed by atoms with Crippen LogP contribution in [0.2, 0.25) is 0 Å². The Morgan fingerprint density at radius 2 is 1.39 bits per heavy atom. The van der Waals surface area contributed by atoms with Crippen LogP contribution in [0.1, 0.15) is 67.2 Å². The lowest BCUT2D eigenvalue weighted by atomic mass is 9.70. The lowest BCUT2D eigenvalue weighted by molar-refractivity contribution is 0.0605. The summed E-state index contributed by atoms with van der Waals surface area (Å²) in [5, 5.41) is 0. The van der Waals surface area contributed by atoms with Crippen molar-refractivity contribution in [3.05, 3.63) is 24.3 Å². The second-order valence-electron chi connectivity index (χ2n) is 8.00. The van der Waals surface area contributed by atoms with Gasteiger partial charge in [-0.15, -0.1) is 0 Å². The van der Waals surface area contributed by atoms with E-state index in [2.05, 4.69) is 40.9 Å². The first kappa shape index (κ1) is 22.4. The predicted molar refractivity (Wildman–Crippen MR) is 102 cm³/mol. The van der Waals surface area contributed by atoms with E-state index in [1.165, 1.54) is 12.8 Å². The molecule has 0 aliphatic carbocycles. The lowest BCUT2D eigenvalue weighted by Crippen LogP contribution is -2.29. The van der Waals surface area contributed by atoms with Crippen LogP contribution >= 0.6 is 0 Å². The maximum absolute atomic E-state index is 5.74. The zero-order valence-electron chi connectivity index (χ0n) is 16.5. The molecule has 0 bridgehead atoms. The van der Waals surface area contributed by atoms with E-state index in [1.807, 2.05) is 13.8 Å². The monoisotopic (exact) mass is 324 g/mol. The SMILES string of the molecule is C=C(C)COCCC(CCOCC(=C)C)C(C)(C)CC(C)CC. The molecule has 0 fully saturated rings. The summed E-state index contributed by atoms with van der Waals surface area (Å²) < 4.78 is 11.5. The van der Waals surface area contributed by atoms with Gasteiger partial charge in [0.25, 0.3) is 0 Å². The summed E-state index contributed by atoms with van der Waals surface area (Å²) in [6.45, 7) is 24.2. The Labute approximate surface area is 145 Å². The van der Waals surface area contributed by atoms with Crippen LogP contribution in [0, 0.1) is 17.3 Å². The van der Waals surface area contributed by atoms with E-state index in [-0.39, 0.29) is 0 Å². The summed E-state index contributed by atoms with van der Waals surface area (Å²) in [5.74, 6) is 1.38. The molecule has 2 nitrogen and oxygen atoms in total. The van der Waals surface area contributed by atoms with Crippen LogP contribution in [0.5, 0.6) is 0 Å². The van der Waals surface area contributed by atoms with Gasteiger partial charge in [0.15, 0.2) is 0 Å². The summed E-state index contributed by atoms with van der Waals surface area (Å²) in [5.41, 5.74) is 2.49. The maximum Gasteiger partial charge on any atom is 0.0671 e. The summed E-state index contributed by atoms with van der Waals surface area (Å²) in [6.07, 6.45) is 4.68. The Morgan fingerprint density at radius 1 is 0.957 bits per heavy atom. The van der Waals surface area contributed by atoms with Gasteiger partial charge in [-0.1, -0.05) is 58.4 Å². The summed E-state index contributed by atoms with van der Waals surface area (Å²) in [7, 11) is 0. The van der Waals surface area contributed by atoms with Crippen LogP contribution in [0.25, 0.3) is 0 Å². The standard InChI is InChI=1S/C21H40O2/c1-9-19(6)14-21(7,8)20(10-12-22-15-17(2)3)11-13-23-16-18(4)5/h19-20H,2,4,9-16H2,1,3,5-8H3. The van der Waals surface area contributed by atoms with Gasteiger partial charge in [-0.2, -0.15) is 0 Å². The predicted octanol–water partition coefficient (Wildman–Crippen LogP) is 6.03. The minimum atomic E-state index is 0.314. The third kappa shape index (κ3) is 11.6. The zero-order valence-corrected chi connectivity index (χ0v) is 16.5. The zero-order chi connectivity index (χ0) is 17.9. The van der Waals surface area contributed by atoms with Crippen molar-refractivity contribution in [2.45, 2.75) is 67.2 Å². The molecule has 2 heteroatoms. The van der Waals surface area contributed by atoms with Gasteiger partial charge < -0.3 is 9.47 Å². The number of hydrogen-bond donors (Lipinski definition) is 0. The Balaban J connectivity index is 4.50. The molecular formula is C21H40O2. The first-order chi connectivity index (χ1) is 10.7. The van der Waals surface area contributed by atoms with Crippen LogP contribution in [0.15, 0.2) is 24.3 Å². The second-order valence-corrected chi connectivity index (χ2v) is 8.00. The van der Waals surface area contributed by atoms with Crippen molar-refractivity contribution in [3.63, 3.8) is 0 Å². The third-order valence-electron chi connectivity index (χ3n) is 4.59. The van der Waals surface area contributed by atoms with Gasteiger partial charge in [0.05, 0.1) is 13.2 Å². The van der Waals surface area contributed by atoms with Gasteiger partial charge in [-0.05, 0) is 50.4 Å². The highest BCUT2D eigenvalue weighted by molar-refractivity contribution is 4.88. The van der Waals surface area contributed by atoms with Crippen molar-refractivity contribution in [2.75, 3.05) is 26.4 Å². The van der Waals surface area contributed by atoms with E-state index in [1.54, 1.807) is 0 Å². The van der Waals surface area contributed by atoms with Crippen molar-refractivity contribution < 1.29 is 9.47 Å². The topological polar surface area (TPSA) is 18.5 Å². The van der Waals surface area contributed by atoms with E-state index in [9.17, 15) is 0 Å². The van der Waals surface area contributed by atoms with Gasteiger partial charge >= 0.3 is 0 Å². The minimum Gasteiger partial charge on any atom is -0.377 e. The molecule has 0 rings (SSSR count). The molecule has 0 aliphatic rings.